The van der Waals surface area contributed by atoms with Gasteiger partial charge in [0.1, 0.15) is 5.60 Å². The first kappa shape index (κ1) is 22.0. The maximum Gasteiger partial charge on any atom is 0.176 e. The molecule has 6 rings (SSSR count). The van der Waals surface area contributed by atoms with Crippen LogP contribution in [0, 0.1) is 40.4 Å². The third-order valence-electron chi connectivity index (χ3n) is 11.7. The number of ether oxygens (including phenoxy) is 2. The van der Waals surface area contributed by atoms with Crippen LogP contribution < -0.4 is 0 Å². The van der Waals surface area contributed by atoms with Gasteiger partial charge in [0.15, 0.2) is 5.79 Å². The smallest absolute Gasteiger partial charge is 0.176 e. The molecule has 3 N–H and O–H groups in total. The van der Waals surface area contributed by atoms with Crippen LogP contribution >= 0.6 is 0 Å². The average molecular weight is 447 g/mol. The molecule has 1 spiro atoms. The second-order valence-electron chi connectivity index (χ2n) is 12.9. The molecule has 32 heavy (non-hydrogen) atoms. The van der Waals surface area contributed by atoms with E-state index < -0.39 is 17.5 Å². The number of rotatable bonds is 0. The summed E-state index contributed by atoms with van der Waals surface area (Å²) in [7, 11) is 0. The fourth-order valence-electron chi connectivity index (χ4n) is 9.58. The fourth-order valence-corrected chi connectivity index (χ4v) is 9.58. The van der Waals surface area contributed by atoms with Gasteiger partial charge in [-0.2, -0.15) is 0 Å². The summed E-state index contributed by atoms with van der Waals surface area (Å²) in [6, 6.07) is 0. The Labute approximate surface area is 192 Å². The first-order chi connectivity index (χ1) is 15.0. The SMILES string of the molecule is CC1COC2(CC1O)OC1CC3C4CC=C5CC(O)CCC5(C)C4CCC3(C)C1(O)C2C. The van der Waals surface area contributed by atoms with E-state index in [0.29, 0.717) is 30.8 Å². The molecule has 4 aliphatic carbocycles. The van der Waals surface area contributed by atoms with Crippen molar-refractivity contribution in [1.82, 2.24) is 0 Å². The van der Waals surface area contributed by atoms with Crippen molar-refractivity contribution >= 4 is 0 Å². The zero-order valence-electron chi connectivity index (χ0n) is 20.2. The molecule has 0 radical (unpaired) electrons. The summed E-state index contributed by atoms with van der Waals surface area (Å²) in [6.07, 6.45) is 8.99. The Morgan fingerprint density at radius 3 is 2.59 bits per heavy atom. The van der Waals surface area contributed by atoms with Gasteiger partial charge < -0.3 is 24.8 Å². The third kappa shape index (κ3) is 2.53. The van der Waals surface area contributed by atoms with Crippen molar-refractivity contribution in [3.05, 3.63) is 11.6 Å². The minimum atomic E-state index is -0.920. The zero-order chi connectivity index (χ0) is 22.7. The third-order valence-corrected chi connectivity index (χ3v) is 11.7. The first-order valence-corrected chi connectivity index (χ1v) is 13.1. The summed E-state index contributed by atoms with van der Waals surface area (Å²) in [4.78, 5) is 0. The number of hydrogen-bond donors (Lipinski definition) is 3. The number of allylic oxidation sites excluding steroid dienone is 1. The molecule has 0 bridgehead atoms. The van der Waals surface area contributed by atoms with Crippen molar-refractivity contribution in [3.63, 3.8) is 0 Å². The summed E-state index contributed by atoms with van der Waals surface area (Å²) < 4.78 is 12.9. The molecule has 0 aromatic carbocycles. The van der Waals surface area contributed by atoms with E-state index in [1.165, 1.54) is 5.57 Å². The predicted octanol–water partition coefficient (Wildman–Crippen LogP) is 3.80. The normalized spacial score (nSPS) is 61.5. The van der Waals surface area contributed by atoms with E-state index in [9.17, 15) is 15.3 Å². The van der Waals surface area contributed by atoms with Gasteiger partial charge in [-0.3, -0.25) is 0 Å². The Morgan fingerprint density at radius 2 is 1.84 bits per heavy atom. The van der Waals surface area contributed by atoms with Gasteiger partial charge in [-0.25, -0.2) is 0 Å². The molecule has 2 heterocycles. The van der Waals surface area contributed by atoms with Crippen LogP contribution in [0.5, 0.6) is 0 Å². The van der Waals surface area contributed by atoms with Crippen molar-refractivity contribution in [2.75, 3.05) is 6.61 Å². The first-order valence-electron chi connectivity index (χ1n) is 13.1. The molecular weight excluding hydrogens is 404 g/mol. The minimum absolute atomic E-state index is 0.100. The summed E-state index contributed by atoms with van der Waals surface area (Å²) in [5, 5.41) is 33.3. The molecule has 0 aromatic rings. The van der Waals surface area contributed by atoms with E-state index >= 15 is 0 Å². The van der Waals surface area contributed by atoms with Crippen LogP contribution in [0.3, 0.4) is 0 Å². The standard InChI is InChI=1S/C27H42O5/c1-15-14-31-26(13-22(15)29)16(2)27(30)23(32-26)12-21-19-6-5-17-11-18(28)7-9-24(17,3)20(19)8-10-25(21,27)4/h5,15-16,18-23,28-30H,6-14H2,1-4H3. The maximum atomic E-state index is 12.4. The molecule has 6 aliphatic rings. The molecule has 2 aliphatic heterocycles. The number of fused-ring (bicyclic) bond motifs is 7. The van der Waals surface area contributed by atoms with Gasteiger partial charge >= 0.3 is 0 Å². The second-order valence-corrected chi connectivity index (χ2v) is 12.9. The lowest BCUT2D eigenvalue weighted by Crippen LogP contribution is -2.60. The van der Waals surface area contributed by atoms with E-state index in [-0.39, 0.29) is 34.9 Å². The molecule has 12 unspecified atom stereocenters. The van der Waals surface area contributed by atoms with Crippen LogP contribution in [0.25, 0.3) is 0 Å². The summed E-state index contributed by atoms with van der Waals surface area (Å²) >= 11 is 0. The largest absolute Gasteiger partial charge is 0.393 e. The van der Waals surface area contributed by atoms with Gasteiger partial charge in [0, 0.05) is 23.7 Å². The quantitative estimate of drug-likeness (QED) is 0.493. The van der Waals surface area contributed by atoms with Gasteiger partial charge in [-0.15, -0.1) is 0 Å². The van der Waals surface area contributed by atoms with Gasteiger partial charge in [0.2, 0.25) is 0 Å². The lowest BCUT2D eigenvalue weighted by Gasteiger charge is -2.59. The highest BCUT2D eigenvalue weighted by atomic mass is 16.7. The van der Waals surface area contributed by atoms with Crippen LogP contribution in [0.2, 0.25) is 0 Å². The predicted molar refractivity (Wildman–Crippen MR) is 121 cm³/mol. The molecule has 5 nitrogen and oxygen atoms in total. The van der Waals surface area contributed by atoms with Gasteiger partial charge in [0.05, 0.1) is 24.9 Å². The molecule has 0 amide bonds. The molecule has 180 valence electrons. The number of aliphatic hydroxyl groups is 3. The Kier molecular flexibility index (Phi) is 4.69. The van der Waals surface area contributed by atoms with Crippen molar-refractivity contribution in [2.24, 2.45) is 40.4 Å². The van der Waals surface area contributed by atoms with E-state index in [4.69, 9.17) is 9.47 Å². The molecule has 5 fully saturated rings. The maximum absolute atomic E-state index is 12.4. The average Bonchev–Trinajstić information content (AvgIpc) is 3.10. The lowest BCUT2D eigenvalue weighted by atomic mass is 9.46. The Morgan fingerprint density at radius 1 is 1.06 bits per heavy atom. The fraction of sp³-hybridized carbons (Fsp3) is 0.926. The van der Waals surface area contributed by atoms with Crippen molar-refractivity contribution in [3.8, 4) is 0 Å². The monoisotopic (exact) mass is 446 g/mol. The second kappa shape index (κ2) is 6.81. The molecule has 12 atom stereocenters. The molecular formula is C27H42O5. The highest BCUT2D eigenvalue weighted by Gasteiger charge is 2.76. The van der Waals surface area contributed by atoms with E-state index in [1.807, 2.05) is 6.92 Å². The van der Waals surface area contributed by atoms with Gasteiger partial charge in [-0.05, 0) is 68.1 Å². The van der Waals surface area contributed by atoms with Crippen LogP contribution in [-0.4, -0.2) is 51.6 Å². The highest BCUT2D eigenvalue weighted by Crippen LogP contribution is 2.72. The summed E-state index contributed by atoms with van der Waals surface area (Å²) in [5.41, 5.74) is 0.566. The summed E-state index contributed by atoms with van der Waals surface area (Å²) in [5.74, 6) is 0.712. The van der Waals surface area contributed by atoms with Crippen LogP contribution in [0.4, 0.5) is 0 Å². The molecule has 3 saturated carbocycles. The molecule has 0 aromatic heterocycles. The minimum Gasteiger partial charge on any atom is -0.393 e. The number of aliphatic hydroxyl groups excluding tert-OH is 2. The molecule has 2 saturated heterocycles. The Hall–Kier alpha value is -0.460. The highest BCUT2D eigenvalue weighted by molar-refractivity contribution is 5.28. The van der Waals surface area contributed by atoms with Gasteiger partial charge in [0.25, 0.3) is 0 Å². The summed E-state index contributed by atoms with van der Waals surface area (Å²) in [6.45, 7) is 9.37. The molecule has 5 heteroatoms. The number of hydrogen-bond acceptors (Lipinski definition) is 5. The van der Waals surface area contributed by atoms with Crippen LogP contribution in [0.1, 0.15) is 79.1 Å². The van der Waals surface area contributed by atoms with Crippen LogP contribution in [-0.2, 0) is 9.47 Å². The Bertz CT molecular complexity index is 827. The Balaban J connectivity index is 1.32. The van der Waals surface area contributed by atoms with Crippen LogP contribution in [0.15, 0.2) is 11.6 Å². The van der Waals surface area contributed by atoms with E-state index in [0.717, 1.165) is 44.9 Å². The van der Waals surface area contributed by atoms with Gasteiger partial charge in [-0.1, -0.05) is 39.3 Å². The zero-order valence-corrected chi connectivity index (χ0v) is 20.2. The van der Waals surface area contributed by atoms with E-state index in [2.05, 4.69) is 26.8 Å². The van der Waals surface area contributed by atoms with Crippen molar-refractivity contribution < 1.29 is 24.8 Å². The van der Waals surface area contributed by atoms with Crippen molar-refractivity contribution in [2.45, 2.75) is 109 Å². The van der Waals surface area contributed by atoms with Crippen molar-refractivity contribution in [1.29, 1.82) is 0 Å². The lowest BCUT2D eigenvalue weighted by molar-refractivity contribution is -0.292. The van der Waals surface area contributed by atoms with E-state index in [1.54, 1.807) is 0 Å². The topological polar surface area (TPSA) is 79.2 Å².